The second-order valence-corrected chi connectivity index (χ2v) is 7.77. The molecule has 0 bridgehead atoms. The molecule has 0 spiro atoms. The van der Waals surface area contributed by atoms with Gasteiger partial charge in [-0.05, 0) is 33.1 Å². The molecule has 1 aliphatic heterocycles. The van der Waals surface area contributed by atoms with Crippen LogP contribution in [0.1, 0.15) is 42.7 Å². The Bertz CT molecular complexity index is 581. The zero-order chi connectivity index (χ0) is 15.5. The highest BCUT2D eigenvalue weighted by Crippen LogP contribution is 2.17. The predicted molar refractivity (Wildman–Crippen MR) is 78.5 cm³/mol. The van der Waals surface area contributed by atoms with Gasteiger partial charge in [-0.25, -0.2) is 8.42 Å². The Morgan fingerprint density at radius 2 is 1.90 bits per heavy atom. The molecule has 21 heavy (non-hydrogen) atoms. The van der Waals surface area contributed by atoms with Crippen LogP contribution in [0, 0.1) is 13.8 Å². The fourth-order valence-corrected chi connectivity index (χ4v) is 4.03. The lowest BCUT2D eigenvalue weighted by Gasteiger charge is -2.26. The Hall–Kier alpha value is -1.37. The number of hydrogen-bond acceptors (Lipinski definition) is 5. The first-order valence-electron chi connectivity index (χ1n) is 7.29. The topological polar surface area (TPSA) is 80.5 Å². The van der Waals surface area contributed by atoms with Gasteiger partial charge in [0.2, 0.25) is 5.91 Å². The van der Waals surface area contributed by atoms with Gasteiger partial charge in [-0.2, -0.15) is 0 Å². The Morgan fingerprint density at radius 3 is 2.48 bits per heavy atom. The smallest absolute Gasteiger partial charge is 0.223 e. The van der Waals surface area contributed by atoms with Crippen molar-refractivity contribution in [2.45, 2.75) is 45.3 Å². The predicted octanol–water partition coefficient (Wildman–Crippen LogP) is 1.61. The maximum Gasteiger partial charge on any atom is 0.223 e. The van der Waals surface area contributed by atoms with E-state index < -0.39 is 9.84 Å². The largest absolute Gasteiger partial charge is 0.361 e. The summed E-state index contributed by atoms with van der Waals surface area (Å²) in [6.45, 7) is 4.93. The fourth-order valence-electron chi connectivity index (χ4n) is 2.54. The lowest BCUT2D eigenvalue weighted by Crippen LogP contribution is -2.36. The standard InChI is InChI=1S/C14H22N2O4S/c1-11-13(12(2)20-15-11)10-21(18,19)9-6-14(17)16-7-4-3-5-8-16/h3-10H2,1-2H3. The molecule has 1 saturated heterocycles. The number of aryl methyl sites for hydroxylation is 2. The van der Waals surface area contributed by atoms with Gasteiger partial charge in [-0.3, -0.25) is 4.79 Å². The van der Waals surface area contributed by atoms with E-state index in [2.05, 4.69) is 5.16 Å². The average molecular weight is 314 g/mol. The molecular weight excluding hydrogens is 292 g/mol. The Labute approximate surface area is 125 Å². The van der Waals surface area contributed by atoms with Crippen molar-refractivity contribution in [2.24, 2.45) is 0 Å². The molecule has 6 nitrogen and oxygen atoms in total. The number of rotatable bonds is 5. The number of carbonyl (C=O) groups is 1. The second kappa shape index (κ2) is 6.60. The van der Waals surface area contributed by atoms with E-state index >= 15 is 0 Å². The number of amides is 1. The lowest BCUT2D eigenvalue weighted by molar-refractivity contribution is -0.131. The normalized spacial score (nSPS) is 16.2. The fraction of sp³-hybridized carbons (Fsp3) is 0.714. The molecule has 1 amide bonds. The molecule has 1 fully saturated rings. The average Bonchev–Trinajstić information content (AvgIpc) is 2.77. The molecule has 0 atom stereocenters. The van der Waals surface area contributed by atoms with Gasteiger partial charge < -0.3 is 9.42 Å². The maximum atomic E-state index is 12.1. The third-order valence-corrected chi connectivity index (χ3v) is 5.44. The van der Waals surface area contributed by atoms with E-state index in [1.165, 1.54) is 0 Å². The van der Waals surface area contributed by atoms with Gasteiger partial charge in [0.05, 0.1) is 17.2 Å². The quantitative estimate of drug-likeness (QED) is 0.825. The van der Waals surface area contributed by atoms with Crippen LogP contribution in [0.5, 0.6) is 0 Å². The molecule has 118 valence electrons. The Kier molecular flexibility index (Phi) is 5.03. The molecule has 1 aromatic rings. The van der Waals surface area contributed by atoms with Crippen LogP contribution in [0.3, 0.4) is 0 Å². The molecule has 2 heterocycles. The van der Waals surface area contributed by atoms with Crippen LogP contribution in [0.15, 0.2) is 4.52 Å². The van der Waals surface area contributed by atoms with Crippen molar-refractivity contribution in [2.75, 3.05) is 18.8 Å². The van der Waals surface area contributed by atoms with Crippen LogP contribution < -0.4 is 0 Å². The van der Waals surface area contributed by atoms with E-state index in [1.807, 2.05) is 0 Å². The highest BCUT2D eigenvalue weighted by atomic mass is 32.2. The summed E-state index contributed by atoms with van der Waals surface area (Å²) in [4.78, 5) is 13.8. The monoisotopic (exact) mass is 314 g/mol. The van der Waals surface area contributed by atoms with E-state index in [0.29, 0.717) is 17.0 Å². The highest BCUT2D eigenvalue weighted by molar-refractivity contribution is 7.90. The molecule has 0 unspecified atom stereocenters. The van der Waals surface area contributed by atoms with Gasteiger partial charge in [0, 0.05) is 25.1 Å². The number of sulfone groups is 1. The summed E-state index contributed by atoms with van der Waals surface area (Å²) in [7, 11) is -3.33. The summed E-state index contributed by atoms with van der Waals surface area (Å²) >= 11 is 0. The zero-order valence-corrected chi connectivity index (χ0v) is 13.4. The molecule has 1 aromatic heterocycles. The van der Waals surface area contributed by atoms with E-state index in [0.717, 1.165) is 32.4 Å². The van der Waals surface area contributed by atoms with Crippen LogP contribution in [0.25, 0.3) is 0 Å². The van der Waals surface area contributed by atoms with Crippen molar-refractivity contribution in [3.05, 3.63) is 17.0 Å². The molecular formula is C14H22N2O4S. The zero-order valence-electron chi connectivity index (χ0n) is 12.6. The van der Waals surface area contributed by atoms with Gasteiger partial charge in [0.1, 0.15) is 5.76 Å². The molecule has 0 N–H and O–H groups in total. The number of hydrogen-bond donors (Lipinski definition) is 0. The molecule has 2 rings (SSSR count). The SMILES string of the molecule is Cc1noc(C)c1CS(=O)(=O)CCC(=O)N1CCCCC1. The first kappa shape index (κ1) is 16.0. The number of nitrogens with zero attached hydrogens (tertiary/aromatic N) is 2. The molecule has 0 aliphatic carbocycles. The van der Waals surface area contributed by atoms with Gasteiger partial charge in [0.25, 0.3) is 0 Å². The summed E-state index contributed by atoms with van der Waals surface area (Å²) in [6, 6.07) is 0. The Morgan fingerprint density at radius 1 is 1.24 bits per heavy atom. The molecule has 0 aromatic carbocycles. The van der Waals surface area contributed by atoms with Gasteiger partial charge in [0.15, 0.2) is 9.84 Å². The van der Waals surface area contributed by atoms with Crippen LogP contribution in [-0.4, -0.2) is 43.2 Å². The second-order valence-electron chi connectivity index (χ2n) is 5.59. The molecule has 0 radical (unpaired) electrons. The van der Waals surface area contributed by atoms with Crippen LogP contribution >= 0.6 is 0 Å². The minimum absolute atomic E-state index is 0.0583. The maximum absolute atomic E-state index is 12.1. The van der Waals surface area contributed by atoms with E-state index in [-0.39, 0.29) is 23.8 Å². The lowest BCUT2D eigenvalue weighted by atomic mass is 10.1. The summed E-state index contributed by atoms with van der Waals surface area (Å²) in [5.41, 5.74) is 1.21. The molecule has 0 saturated carbocycles. The third-order valence-electron chi connectivity index (χ3n) is 3.88. The number of carbonyl (C=O) groups excluding carboxylic acids is 1. The van der Waals surface area contributed by atoms with Gasteiger partial charge >= 0.3 is 0 Å². The van der Waals surface area contributed by atoms with Crippen molar-refractivity contribution in [1.82, 2.24) is 10.1 Å². The molecule has 1 aliphatic rings. The third kappa shape index (κ3) is 4.30. The van der Waals surface area contributed by atoms with Crippen molar-refractivity contribution in [3.8, 4) is 0 Å². The van der Waals surface area contributed by atoms with Crippen molar-refractivity contribution < 1.29 is 17.7 Å². The van der Waals surface area contributed by atoms with Crippen LogP contribution in [0.2, 0.25) is 0 Å². The van der Waals surface area contributed by atoms with Gasteiger partial charge in [-0.1, -0.05) is 5.16 Å². The van der Waals surface area contributed by atoms with Crippen molar-refractivity contribution >= 4 is 15.7 Å². The summed E-state index contributed by atoms with van der Waals surface area (Å²) in [5, 5.41) is 3.75. The minimum Gasteiger partial charge on any atom is -0.361 e. The summed E-state index contributed by atoms with van der Waals surface area (Å²) in [6.07, 6.45) is 3.23. The van der Waals surface area contributed by atoms with E-state index in [9.17, 15) is 13.2 Å². The minimum atomic E-state index is -3.33. The number of piperidine rings is 1. The van der Waals surface area contributed by atoms with Crippen LogP contribution in [-0.2, 0) is 20.4 Å². The number of aromatic nitrogens is 1. The van der Waals surface area contributed by atoms with Crippen molar-refractivity contribution in [1.29, 1.82) is 0 Å². The molecule has 7 heteroatoms. The number of likely N-dealkylation sites (tertiary alicyclic amines) is 1. The first-order valence-corrected chi connectivity index (χ1v) is 9.11. The Balaban J connectivity index is 1.90. The van der Waals surface area contributed by atoms with E-state index in [1.54, 1.807) is 18.7 Å². The summed E-state index contributed by atoms with van der Waals surface area (Å²) < 4.78 is 29.3. The van der Waals surface area contributed by atoms with E-state index in [4.69, 9.17) is 4.52 Å². The highest BCUT2D eigenvalue weighted by Gasteiger charge is 2.22. The van der Waals surface area contributed by atoms with Crippen LogP contribution in [0.4, 0.5) is 0 Å². The summed E-state index contributed by atoms with van der Waals surface area (Å²) in [5.74, 6) is 0.240. The first-order chi connectivity index (χ1) is 9.89. The van der Waals surface area contributed by atoms with Crippen molar-refractivity contribution in [3.63, 3.8) is 0 Å². The van der Waals surface area contributed by atoms with Gasteiger partial charge in [-0.15, -0.1) is 0 Å².